The van der Waals surface area contributed by atoms with E-state index in [1.165, 1.54) is 0 Å². The number of oxazole rings is 1. The van der Waals surface area contributed by atoms with Crippen LogP contribution in [0.1, 0.15) is 23.8 Å². The van der Waals surface area contributed by atoms with E-state index >= 15 is 0 Å². The molecular formula is C11H14N2O6. The van der Waals surface area contributed by atoms with Gasteiger partial charge in [-0.15, -0.1) is 0 Å². The van der Waals surface area contributed by atoms with Gasteiger partial charge in [0.15, 0.2) is 11.2 Å². The molecule has 0 aromatic carbocycles. The van der Waals surface area contributed by atoms with Crippen LogP contribution in [0.2, 0.25) is 0 Å². The first kappa shape index (κ1) is 13.3. The maximum atomic E-state index is 11.4. The lowest BCUT2D eigenvalue weighted by Gasteiger charge is -2.22. The van der Waals surface area contributed by atoms with Crippen LogP contribution in [0, 0.1) is 0 Å². The van der Waals surface area contributed by atoms with Crippen LogP contribution in [0.25, 0.3) is 0 Å². The number of ether oxygens (including phenoxy) is 2. The van der Waals surface area contributed by atoms with Crippen LogP contribution in [0.5, 0.6) is 0 Å². The molecule has 104 valence electrons. The van der Waals surface area contributed by atoms with Gasteiger partial charge in [-0.2, -0.15) is 4.98 Å². The number of rotatable bonds is 5. The SMILES string of the molecule is CCOC(=O)c1coc(NC2(C(=O)O)CCOC2)n1. The molecule has 0 radical (unpaired) electrons. The van der Waals surface area contributed by atoms with Gasteiger partial charge >= 0.3 is 11.9 Å². The highest BCUT2D eigenvalue weighted by molar-refractivity contribution is 5.87. The van der Waals surface area contributed by atoms with Crippen molar-refractivity contribution in [2.24, 2.45) is 0 Å². The van der Waals surface area contributed by atoms with E-state index in [2.05, 4.69) is 10.3 Å². The number of aromatic nitrogens is 1. The number of carboxylic acid groups (broad SMARTS) is 1. The van der Waals surface area contributed by atoms with Crippen molar-refractivity contribution in [1.82, 2.24) is 4.98 Å². The minimum absolute atomic E-state index is 0.0104. The lowest BCUT2D eigenvalue weighted by molar-refractivity contribution is -0.142. The Kier molecular flexibility index (Phi) is 3.70. The smallest absolute Gasteiger partial charge is 0.360 e. The lowest BCUT2D eigenvalue weighted by Crippen LogP contribution is -2.47. The molecule has 1 saturated heterocycles. The summed E-state index contributed by atoms with van der Waals surface area (Å²) in [6.45, 7) is 2.25. The zero-order chi connectivity index (χ0) is 13.9. The van der Waals surface area contributed by atoms with Crippen molar-refractivity contribution in [3.05, 3.63) is 12.0 Å². The summed E-state index contributed by atoms with van der Waals surface area (Å²) in [5.74, 6) is -1.67. The van der Waals surface area contributed by atoms with Crippen molar-refractivity contribution >= 4 is 18.0 Å². The van der Waals surface area contributed by atoms with Crippen LogP contribution < -0.4 is 5.32 Å². The molecule has 1 aliphatic heterocycles. The van der Waals surface area contributed by atoms with E-state index in [4.69, 9.17) is 13.9 Å². The van der Waals surface area contributed by atoms with Crippen molar-refractivity contribution in [2.75, 3.05) is 25.1 Å². The Hall–Kier alpha value is -2.09. The van der Waals surface area contributed by atoms with Crippen molar-refractivity contribution in [2.45, 2.75) is 18.9 Å². The third kappa shape index (κ3) is 2.68. The van der Waals surface area contributed by atoms with Gasteiger partial charge in [0.1, 0.15) is 6.26 Å². The third-order valence-electron chi connectivity index (χ3n) is 2.77. The number of carbonyl (C=O) groups excluding carboxylic acids is 1. The lowest BCUT2D eigenvalue weighted by atomic mass is 10.00. The van der Waals surface area contributed by atoms with Crippen molar-refractivity contribution < 1.29 is 28.6 Å². The molecule has 1 unspecified atom stereocenters. The van der Waals surface area contributed by atoms with Gasteiger partial charge in [-0.05, 0) is 6.92 Å². The van der Waals surface area contributed by atoms with Gasteiger partial charge in [0.25, 0.3) is 6.01 Å². The Bertz CT molecular complexity index is 477. The van der Waals surface area contributed by atoms with Gasteiger partial charge in [0, 0.05) is 13.0 Å². The minimum atomic E-state index is -1.27. The largest absolute Gasteiger partial charge is 0.479 e. The van der Waals surface area contributed by atoms with Crippen LogP contribution in [0.3, 0.4) is 0 Å². The molecule has 2 N–H and O–H groups in total. The van der Waals surface area contributed by atoms with Gasteiger partial charge in [-0.1, -0.05) is 0 Å². The standard InChI is InChI=1S/C11H14N2O6/c1-2-18-8(14)7-5-19-10(12-7)13-11(9(15)16)3-4-17-6-11/h5H,2-4,6H2,1H3,(H,12,13)(H,15,16). The molecule has 0 spiro atoms. The molecule has 1 aromatic rings. The van der Waals surface area contributed by atoms with Crippen molar-refractivity contribution in [1.29, 1.82) is 0 Å². The number of hydrogen-bond donors (Lipinski definition) is 2. The first-order chi connectivity index (χ1) is 9.07. The van der Waals surface area contributed by atoms with E-state index in [0.717, 1.165) is 6.26 Å². The van der Waals surface area contributed by atoms with Crippen LogP contribution in [-0.2, 0) is 14.3 Å². The minimum Gasteiger partial charge on any atom is -0.479 e. The number of carbonyl (C=O) groups is 2. The predicted octanol–water partition coefficient (Wildman–Crippen LogP) is 0.507. The Balaban J connectivity index is 2.11. The monoisotopic (exact) mass is 270 g/mol. The quantitative estimate of drug-likeness (QED) is 0.744. The Morgan fingerprint density at radius 3 is 3.00 bits per heavy atom. The fourth-order valence-corrected chi connectivity index (χ4v) is 1.72. The molecule has 1 aliphatic rings. The summed E-state index contributed by atoms with van der Waals surface area (Å²) in [6, 6.07) is -0.0454. The van der Waals surface area contributed by atoms with Crippen LogP contribution >= 0.6 is 0 Å². The normalized spacial score (nSPS) is 22.2. The second-order valence-electron chi connectivity index (χ2n) is 4.07. The van der Waals surface area contributed by atoms with Gasteiger partial charge in [0.2, 0.25) is 0 Å². The number of aliphatic carboxylic acids is 1. The fraction of sp³-hybridized carbons (Fsp3) is 0.545. The molecule has 19 heavy (non-hydrogen) atoms. The molecule has 0 amide bonds. The van der Waals surface area contributed by atoms with E-state index in [1.807, 2.05) is 0 Å². The van der Waals surface area contributed by atoms with E-state index in [-0.39, 0.29) is 24.9 Å². The van der Waals surface area contributed by atoms with Gasteiger partial charge in [0.05, 0.1) is 13.2 Å². The van der Waals surface area contributed by atoms with E-state index in [0.29, 0.717) is 13.0 Å². The summed E-state index contributed by atoms with van der Waals surface area (Å²) in [7, 11) is 0. The van der Waals surface area contributed by atoms with Gasteiger partial charge in [-0.25, -0.2) is 9.59 Å². The first-order valence-corrected chi connectivity index (χ1v) is 5.79. The topological polar surface area (TPSA) is 111 Å². The highest BCUT2D eigenvalue weighted by Gasteiger charge is 2.43. The number of carboxylic acids is 1. The Morgan fingerprint density at radius 1 is 1.63 bits per heavy atom. The summed E-state index contributed by atoms with van der Waals surface area (Å²) in [4.78, 5) is 26.5. The Morgan fingerprint density at radius 2 is 2.42 bits per heavy atom. The highest BCUT2D eigenvalue weighted by Crippen LogP contribution is 2.24. The molecule has 8 heteroatoms. The molecular weight excluding hydrogens is 256 g/mol. The number of anilines is 1. The second-order valence-corrected chi connectivity index (χ2v) is 4.07. The zero-order valence-electron chi connectivity index (χ0n) is 10.3. The number of hydrogen-bond acceptors (Lipinski definition) is 7. The van der Waals surface area contributed by atoms with Gasteiger partial charge in [-0.3, -0.25) is 0 Å². The maximum Gasteiger partial charge on any atom is 0.360 e. The summed E-state index contributed by atoms with van der Waals surface area (Å²) < 4.78 is 14.9. The van der Waals surface area contributed by atoms with E-state index in [9.17, 15) is 14.7 Å². The average molecular weight is 270 g/mol. The Labute approximate surface area is 108 Å². The summed E-state index contributed by atoms with van der Waals surface area (Å²) in [5.41, 5.74) is -1.28. The summed E-state index contributed by atoms with van der Waals surface area (Å²) in [6.07, 6.45) is 1.41. The van der Waals surface area contributed by atoms with Gasteiger partial charge < -0.3 is 24.3 Å². The molecule has 2 rings (SSSR count). The molecule has 1 aromatic heterocycles. The second kappa shape index (κ2) is 5.27. The molecule has 1 atom stereocenters. The number of esters is 1. The summed E-state index contributed by atoms with van der Waals surface area (Å²) in [5, 5.41) is 11.9. The van der Waals surface area contributed by atoms with Crippen molar-refractivity contribution in [3.63, 3.8) is 0 Å². The summed E-state index contributed by atoms with van der Waals surface area (Å²) >= 11 is 0. The third-order valence-corrected chi connectivity index (χ3v) is 2.77. The predicted molar refractivity (Wildman–Crippen MR) is 61.9 cm³/mol. The number of nitrogens with zero attached hydrogens (tertiary/aromatic N) is 1. The molecule has 2 heterocycles. The maximum absolute atomic E-state index is 11.4. The highest BCUT2D eigenvalue weighted by atomic mass is 16.5. The van der Waals surface area contributed by atoms with E-state index in [1.54, 1.807) is 6.92 Å². The molecule has 0 aliphatic carbocycles. The molecule has 0 saturated carbocycles. The molecule has 8 nitrogen and oxygen atoms in total. The average Bonchev–Trinajstić information content (AvgIpc) is 3.00. The molecule has 1 fully saturated rings. The number of nitrogens with one attached hydrogen (secondary N) is 1. The van der Waals surface area contributed by atoms with Crippen molar-refractivity contribution in [3.8, 4) is 0 Å². The zero-order valence-corrected chi connectivity index (χ0v) is 10.3. The van der Waals surface area contributed by atoms with Crippen LogP contribution in [0.4, 0.5) is 6.01 Å². The van der Waals surface area contributed by atoms with Crippen LogP contribution in [0.15, 0.2) is 10.7 Å². The fourth-order valence-electron chi connectivity index (χ4n) is 1.72. The van der Waals surface area contributed by atoms with Crippen LogP contribution in [-0.4, -0.2) is 47.4 Å². The van der Waals surface area contributed by atoms with E-state index < -0.39 is 17.5 Å². The molecule has 0 bridgehead atoms. The first-order valence-electron chi connectivity index (χ1n) is 5.79.